The van der Waals surface area contributed by atoms with Crippen LogP contribution < -0.4 is 0 Å². The van der Waals surface area contributed by atoms with Crippen LogP contribution in [0.15, 0.2) is 6.20 Å². The lowest BCUT2D eigenvalue weighted by Crippen LogP contribution is -2.34. The molecule has 2 bridgehead atoms. The lowest BCUT2D eigenvalue weighted by molar-refractivity contribution is -0.170. The van der Waals surface area contributed by atoms with Crippen molar-refractivity contribution >= 4 is 23.7 Å². The molecule has 0 aromatic carbocycles. The van der Waals surface area contributed by atoms with Crippen LogP contribution in [0.4, 0.5) is 0 Å². The third kappa shape index (κ3) is 20.1. The minimum Gasteiger partial charge on any atom is -0.466 e. The first-order chi connectivity index (χ1) is 27.5. The highest BCUT2D eigenvalue weighted by molar-refractivity contribution is 5.83. The van der Waals surface area contributed by atoms with Crippen LogP contribution in [0.25, 0.3) is 0 Å². The fourth-order valence-corrected chi connectivity index (χ4v) is 8.65. The molecule has 0 aliphatic heterocycles. The Balaban J connectivity index is 1.31. The largest absolute Gasteiger partial charge is 0.466 e. The minimum absolute atomic E-state index is 0.102. The van der Waals surface area contributed by atoms with Crippen LogP contribution in [-0.4, -0.2) is 78.5 Å². The summed E-state index contributed by atoms with van der Waals surface area (Å²) in [5.41, 5.74) is 0.00187. The van der Waals surface area contributed by atoms with Crippen molar-refractivity contribution in [1.82, 2.24) is 15.0 Å². The first-order valence-corrected chi connectivity index (χ1v) is 22.6. The number of ether oxygens (including phenoxy) is 5. The van der Waals surface area contributed by atoms with Crippen molar-refractivity contribution in [3.8, 4) is 0 Å². The average Bonchev–Trinajstić information content (AvgIpc) is 3.65. The average molecular weight is 804 g/mol. The molecular weight excluding hydrogens is 727 g/mol. The van der Waals surface area contributed by atoms with Crippen molar-refractivity contribution in [2.75, 3.05) is 39.8 Å². The second-order valence-electron chi connectivity index (χ2n) is 17.5. The highest BCUT2D eigenvalue weighted by Gasteiger charge is 2.37. The summed E-state index contributed by atoms with van der Waals surface area (Å²) in [5, 5.41) is 8.81. The van der Waals surface area contributed by atoms with Gasteiger partial charge in [0.05, 0.1) is 55.9 Å². The van der Waals surface area contributed by atoms with E-state index < -0.39 is 35.2 Å². The molecule has 0 saturated heterocycles. The number of carbonyl (C=O) groups is 4. The van der Waals surface area contributed by atoms with E-state index in [4.69, 9.17) is 23.7 Å². The van der Waals surface area contributed by atoms with E-state index in [1.165, 1.54) is 109 Å². The Morgan fingerprint density at radius 1 is 0.789 bits per heavy atom. The second-order valence-corrected chi connectivity index (χ2v) is 17.5. The number of ketones is 1. The van der Waals surface area contributed by atoms with E-state index in [0.29, 0.717) is 19.8 Å². The predicted octanol–water partition coefficient (Wildman–Crippen LogP) is 9.01. The molecule has 12 heteroatoms. The molecule has 1 heterocycles. The number of nitrogens with zero attached hydrogens (tertiary/aromatic N) is 3. The van der Waals surface area contributed by atoms with Crippen LogP contribution >= 0.6 is 0 Å². The Hall–Kier alpha value is -2.86. The summed E-state index contributed by atoms with van der Waals surface area (Å²) in [6.07, 6.45) is 27.4. The molecule has 2 saturated carbocycles. The molecule has 5 atom stereocenters. The van der Waals surface area contributed by atoms with E-state index in [2.05, 4.69) is 16.5 Å². The molecule has 2 aliphatic carbocycles. The van der Waals surface area contributed by atoms with Crippen LogP contribution in [0.3, 0.4) is 0 Å². The maximum atomic E-state index is 13.0. The number of rotatable bonds is 22. The molecule has 0 spiro atoms. The van der Waals surface area contributed by atoms with Gasteiger partial charge in [-0.15, -0.1) is 5.10 Å². The van der Waals surface area contributed by atoms with Crippen LogP contribution in [0.1, 0.15) is 169 Å². The van der Waals surface area contributed by atoms with Gasteiger partial charge in [0.2, 0.25) is 0 Å². The van der Waals surface area contributed by atoms with Gasteiger partial charge in [0.15, 0.2) is 12.6 Å². The number of esters is 3. The summed E-state index contributed by atoms with van der Waals surface area (Å²) in [6, 6.07) is 0. The molecule has 3 unspecified atom stereocenters. The van der Waals surface area contributed by atoms with Gasteiger partial charge in [-0.25, -0.2) is 4.68 Å². The Kier molecular flexibility index (Phi) is 23.6. The van der Waals surface area contributed by atoms with Gasteiger partial charge < -0.3 is 23.7 Å². The predicted molar refractivity (Wildman–Crippen MR) is 219 cm³/mol. The van der Waals surface area contributed by atoms with Crippen LogP contribution in [0.2, 0.25) is 0 Å². The van der Waals surface area contributed by atoms with Gasteiger partial charge in [-0.3, -0.25) is 19.2 Å². The molecule has 1 aromatic heterocycles. The molecule has 0 amide bonds. The zero-order valence-corrected chi connectivity index (χ0v) is 36.3. The number of aromatic nitrogens is 3. The number of carbonyl (C=O) groups excluding carboxylic acids is 4. The molecule has 57 heavy (non-hydrogen) atoms. The lowest BCUT2D eigenvalue weighted by atomic mass is 9.70. The van der Waals surface area contributed by atoms with Gasteiger partial charge in [-0.1, -0.05) is 103 Å². The fraction of sp³-hybridized carbons (Fsp3) is 0.867. The quantitative estimate of drug-likeness (QED) is 0.0479. The summed E-state index contributed by atoms with van der Waals surface area (Å²) >= 11 is 0. The van der Waals surface area contributed by atoms with Gasteiger partial charge in [0.1, 0.15) is 6.61 Å². The summed E-state index contributed by atoms with van der Waals surface area (Å²) in [6.45, 7) is 9.62. The van der Waals surface area contributed by atoms with Crippen molar-refractivity contribution in [2.24, 2.45) is 35.0 Å². The lowest BCUT2D eigenvalue weighted by Gasteiger charge is -2.35. The number of aryl methyl sites for hydroxylation is 1. The van der Waals surface area contributed by atoms with E-state index in [0.717, 1.165) is 29.9 Å². The number of hydrogen-bond donors (Lipinski definition) is 0. The monoisotopic (exact) mass is 804 g/mol. The van der Waals surface area contributed by atoms with Gasteiger partial charge >= 0.3 is 17.9 Å². The summed E-state index contributed by atoms with van der Waals surface area (Å²) in [4.78, 5) is 49.7. The fourth-order valence-electron chi connectivity index (χ4n) is 8.65. The van der Waals surface area contributed by atoms with Crippen molar-refractivity contribution in [3.63, 3.8) is 0 Å². The zero-order chi connectivity index (χ0) is 41.3. The third-order valence-electron chi connectivity index (χ3n) is 12.0. The molecule has 0 radical (unpaired) electrons. The first kappa shape index (κ1) is 48.5. The van der Waals surface area contributed by atoms with Crippen molar-refractivity contribution in [1.29, 1.82) is 0 Å². The molecule has 2 aliphatic rings. The summed E-state index contributed by atoms with van der Waals surface area (Å²) in [7, 11) is 0. The van der Waals surface area contributed by atoms with E-state index in [1.807, 2.05) is 4.68 Å². The minimum atomic E-state index is -1.06. The van der Waals surface area contributed by atoms with E-state index in [-0.39, 0.29) is 51.7 Å². The van der Waals surface area contributed by atoms with Crippen LogP contribution in [0, 0.1) is 35.0 Å². The highest BCUT2D eigenvalue weighted by atomic mass is 16.7. The van der Waals surface area contributed by atoms with Crippen molar-refractivity contribution in [3.05, 3.63) is 11.9 Å². The molecule has 0 N–H and O–H groups in total. The molecule has 1 aromatic rings. The molecular formula is C45H77N3O9. The topological polar surface area (TPSA) is 145 Å². The molecule has 3 rings (SSSR count). The number of Topliss-reactive ketones (excluding diaryl/α,β-unsaturated/α-hetero) is 1. The molecule has 2 fully saturated rings. The summed E-state index contributed by atoms with van der Waals surface area (Å²) < 4.78 is 28.8. The summed E-state index contributed by atoms with van der Waals surface area (Å²) in [5.74, 6) is -0.609. The first-order valence-electron chi connectivity index (χ1n) is 22.6. The van der Waals surface area contributed by atoms with E-state index in [1.54, 1.807) is 34.6 Å². The number of hydrogen-bond acceptors (Lipinski definition) is 11. The maximum Gasteiger partial charge on any atom is 0.313 e. The van der Waals surface area contributed by atoms with Gasteiger partial charge in [0.25, 0.3) is 0 Å². The third-order valence-corrected chi connectivity index (χ3v) is 12.0. The molecule has 326 valence electrons. The number of fused-ring (bicyclic) bond motifs is 2. The highest BCUT2D eigenvalue weighted by Crippen LogP contribution is 2.40. The zero-order valence-electron chi connectivity index (χ0n) is 36.3. The maximum absolute atomic E-state index is 13.0. The Labute approximate surface area is 343 Å². The standard InChI is InChI=1S/C45H77N3O9/c1-6-41(49)33-56-42(50)35(3)27-39(43(51)55-7-2)31-45(4,5)44(52)57-34-54-26-25-53-24-23-48-32-40(46-47-48)22-21-38-29-36-19-17-15-13-11-9-8-10-12-14-16-18-20-37(28-36)30-38/h32,35-39H,6-31,33-34H2,1-5H3/t35?,36-,37+,38?,39?. The van der Waals surface area contributed by atoms with E-state index in [9.17, 15) is 19.2 Å². The Morgan fingerprint density at radius 3 is 2.02 bits per heavy atom. The molecule has 12 nitrogen and oxygen atoms in total. The van der Waals surface area contributed by atoms with Gasteiger partial charge in [-0.2, -0.15) is 0 Å². The van der Waals surface area contributed by atoms with Gasteiger partial charge in [-0.05, 0) is 83.5 Å². The van der Waals surface area contributed by atoms with E-state index >= 15 is 0 Å². The second kappa shape index (κ2) is 27.8. The SMILES string of the molecule is CCOC(=O)C(CC(C)C(=O)OCC(=O)CC)CC(C)(C)C(=O)OCOCCOCCn1cc(CCC2C[C@H]3CCCCCCCCCCCCC[C@@H](C2)C3)nn1. The smallest absolute Gasteiger partial charge is 0.313 e. The van der Waals surface area contributed by atoms with Crippen LogP contribution in [-0.2, 0) is 55.8 Å². The van der Waals surface area contributed by atoms with Crippen molar-refractivity contribution < 1.29 is 42.9 Å². The van der Waals surface area contributed by atoms with Crippen molar-refractivity contribution in [2.45, 2.75) is 176 Å². The van der Waals surface area contributed by atoms with Gasteiger partial charge in [0, 0.05) is 12.6 Å². The van der Waals surface area contributed by atoms with Crippen LogP contribution in [0.5, 0.6) is 0 Å². The Bertz CT molecular complexity index is 1280. The Morgan fingerprint density at radius 2 is 1.40 bits per heavy atom. The normalized spacial score (nSPS) is 21.2.